The predicted octanol–water partition coefficient (Wildman–Crippen LogP) is 1.31. The fourth-order valence-electron chi connectivity index (χ4n) is 2.25. The summed E-state index contributed by atoms with van der Waals surface area (Å²) in [5.41, 5.74) is 6.56. The standard InChI is InChI=1S/C12H20N2O3S2/c1-9-7-12(18-11(9)8-13)19(15,16)14-5-3-10(17-2)4-6-14/h7,10H,3-6,8,13H2,1-2H3. The summed E-state index contributed by atoms with van der Waals surface area (Å²) in [5.74, 6) is 0. The van der Waals surface area contributed by atoms with E-state index in [1.54, 1.807) is 17.5 Å². The second-order valence-electron chi connectivity index (χ2n) is 4.71. The number of nitrogens with zero attached hydrogens (tertiary/aromatic N) is 1. The van der Waals surface area contributed by atoms with Gasteiger partial charge < -0.3 is 10.5 Å². The van der Waals surface area contributed by atoms with E-state index in [1.807, 2.05) is 6.92 Å². The summed E-state index contributed by atoms with van der Waals surface area (Å²) < 4.78 is 32.3. The first kappa shape index (κ1) is 14.9. The Hall–Kier alpha value is -0.470. The lowest BCUT2D eigenvalue weighted by Gasteiger charge is -2.29. The molecule has 0 radical (unpaired) electrons. The molecule has 0 aromatic carbocycles. The summed E-state index contributed by atoms with van der Waals surface area (Å²) in [6.07, 6.45) is 1.68. The van der Waals surface area contributed by atoms with Crippen LogP contribution in [-0.4, -0.2) is 39.0 Å². The third kappa shape index (κ3) is 3.00. The SMILES string of the molecule is COC1CCN(S(=O)(=O)c2cc(C)c(CN)s2)CC1. The van der Waals surface area contributed by atoms with Crippen LogP contribution in [0.5, 0.6) is 0 Å². The van der Waals surface area contributed by atoms with Crippen LogP contribution in [0.3, 0.4) is 0 Å². The molecule has 1 aliphatic rings. The van der Waals surface area contributed by atoms with Crippen LogP contribution in [0.2, 0.25) is 0 Å². The van der Waals surface area contributed by atoms with Gasteiger partial charge in [-0.25, -0.2) is 8.42 Å². The summed E-state index contributed by atoms with van der Waals surface area (Å²) in [6, 6.07) is 1.73. The van der Waals surface area contributed by atoms with E-state index in [1.165, 1.54) is 11.3 Å². The van der Waals surface area contributed by atoms with Gasteiger partial charge in [-0.2, -0.15) is 4.31 Å². The molecule has 0 bridgehead atoms. The molecule has 0 spiro atoms. The molecular formula is C12H20N2O3S2. The van der Waals surface area contributed by atoms with Crippen molar-refractivity contribution in [1.82, 2.24) is 4.31 Å². The Balaban J connectivity index is 2.18. The Morgan fingerprint density at radius 2 is 2.11 bits per heavy atom. The van der Waals surface area contributed by atoms with Gasteiger partial charge in [0, 0.05) is 31.6 Å². The van der Waals surface area contributed by atoms with E-state index in [0.717, 1.165) is 23.3 Å². The molecule has 7 heteroatoms. The van der Waals surface area contributed by atoms with Crippen LogP contribution in [-0.2, 0) is 21.3 Å². The zero-order valence-corrected chi connectivity index (χ0v) is 12.9. The minimum absolute atomic E-state index is 0.177. The third-order valence-corrected chi connectivity index (χ3v) is 7.12. The lowest BCUT2D eigenvalue weighted by atomic mass is 10.1. The van der Waals surface area contributed by atoms with Crippen molar-refractivity contribution in [3.05, 3.63) is 16.5 Å². The number of piperidine rings is 1. The van der Waals surface area contributed by atoms with Gasteiger partial charge in [-0.05, 0) is 31.4 Å². The normalized spacial score (nSPS) is 18.9. The first-order valence-electron chi connectivity index (χ1n) is 6.31. The Kier molecular flexibility index (Phi) is 4.62. The summed E-state index contributed by atoms with van der Waals surface area (Å²) in [7, 11) is -1.69. The molecule has 0 aliphatic carbocycles. The molecule has 108 valence electrons. The van der Waals surface area contributed by atoms with Crippen LogP contribution >= 0.6 is 11.3 Å². The van der Waals surface area contributed by atoms with Crippen molar-refractivity contribution in [2.45, 2.75) is 36.6 Å². The van der Waals surface area contributed by atoms with Gasteiger partial charge >= 0.3 is 0 Å². The molecule has 1 fully saturated rings. The topological polar surface area (TPSA) is 72.6 Å². The molecule has 1 aliphatic heterocycles. The highest BCUT2D eigenvalue weighted by Crippen LogP contribution is 2.29. The molecule has 5 nitrogen and oxygen atoms in total. The maximum absolute atomic E-state index is 12.5. The van der Waals surface area contributed by atoms with Gasteiger partial charge in [0.2, 0.25) is 0 Å². The second kappa shape index (κ2) is 5.88. The van der Waals surface area contributed by atoms with E-state index in [0.29, 0.717) is 23.8 Å². The number of hydrogen-bond donors (Lipinski definition) is 1. The van der Waals surface area contributed by atoms with Gasteiger partial charge in [0.15, 0.2) is 0 Å². The lowest BCUT2D eigenvalue weighted by Crippen LogP contribution is -2.40. The fourth-order valence-corrected chi connectivity index (χ4v) is 5.35. The smallest absolute Gasteiger partial charge is 0.252 e. The second-order valence-corrected chi connectivity index (χ2v) is 8.02. The molecule has 2 rings (SSSR count). The zero-order valence-electron chi connectivity index (χ0n) is 11.3. The van der Waals surface area contributed by atoms with Gasteiger partial charge in [0.25, 0.3) is 10.0 Å². The molecular weight excluding hydrogens is 284 g/mol. The van der Waals surface area contributed by atoms with Gasteiger partial charge in [0.05, 0.1) is 6.10 Å². The maximum Gasteiger partial charge on any atom is 0.252 e. The molecule has 0 atom stereocenters. The Bertz CT molecular complexity index is 531. The Morgan fingerprint density at radius 3 is 2.58 bits per heavy atom. The Morgan fingerprint density at radius 1 is 1.47 bits per heavy atom. The average Bonchev–Trinajstić information content (AvgIpc) is 2.81. The first-order chi connectivity index (χ1) is 8.98. The van der Waals surface area contributed by atoms with Crippen molar-refractivity contribution < 1.29 is 13.2 Å². The molecule has 2 heterocycles. The predicted molar refractivity (Wildman–Crippen MR) is 75.7 cm³/mol. The number of methoxy groups -OCH3 is 1. The van der Waals surface area contributed by atoms with Crippen LogP contribution in [0.25, 0.3) is 0 Å². The van der Waals surface area contributed by atoms with Crippen molar-refractivity contribution >= 4 is 21.4 Å². The summed E-state index contributed by atoms with van der Waals surface area (Å²) in [6.45, 7) is 3.33. The summed E-state index contributed by atoms with van der Waals surface area (Å²) >= 11 is 1.28. The highest BCUT2D eigenvalue weighted by Gasteiger charge is 2.30. The molecule has 1 aromatic heterocycles. The first-order valence-corrected chi connectivity index (χ1v) is 8.57. The van der Waals surface area contributed by atoms with E-state index >= 15 is 0 Å². The van der Waals surface area contributed by atoms with Crippen molar-refractivity contribution in [3.63, 3.8) is 0 Å². The molecule has 1 saturated heterocycles. The van der Waals surface area contributed by atoms with E-state index in [2.05, 4.69) is 0 Å². The van der Waals surface area contributed by atoms with Gasteiger partial charge in [-0.1, -0.05) is 0 Å². The van der Waals surface area contributed by atoms with Gasteiger partial charge in [-0.3, -0.25) is 0 Å². The summed E-state index contributed by atoms with van der Waals surface area (Å²) in [5, 5.41) is 0. The number of thiophene rings is 1. The number of ether oxygens (including phenoxy) is 1. The highest BCUT2D eigenvalue weighted by molar-refractivity contribution is 7.91. The fraction of sp³-hybridized carbons (Fsp3) is 0.667. The van der Waals surface area contributed by atoms with Crippen molar-refractivity contribution in [2.24, 2.45) is 5.73 Å². The van der Waals surface area contributed by atoms with Crippen molar-refractivity contribution in [1.29, 1.82) is 0 Å². The van der Waals surface area contributed by atoms with E-state index in [4.69, 9.17) is 10.5 Å². The van der Waals surface area contributed by atoms with E-state index < -0.39 is 10.0 Å². The van der Waals surface area contributed by atoms with Crippen LogP contribution < -0.4 is 5.73 Å². The molecule has 2 N–H and O–H groups in total. The number of aryl methyl sites for hydroxylation is 1. The third-order valence-electron chi connectivity index (χ3n) is 3.51. The van der Waals surface area contributed by atoms with Crippen LogP contribution in [0.4, 0.5) is 0 Å². The Labute approximate surface area is 118 Å². The number of nitrogens with two attached hydrogens (primary N) is 1. The van der Waals surface area contributed by atoms with Gasteiger partial charge in [0.1, 0.15) is 4.21 Å². The van der Waals surface area contributed by atoms with Crippen LogP contribution in [0.15, 0.2) is 10.3 Å². The van der Waals surface area contributed by atoms with Crippen LogP contribution in [0, 0.1) is 6.92 Å². The zero-order chi connectivity index (χ0) is 14.0. The molecule has 0 unspecified atom stereocenters. The summed E-state index contributed by atoms with van der Waals surface area (Å²) in [4.78, 5) is 0.936. The van der Waals surface area contributed by atoms with Crippen molar-refractivity contribution in [3.8, 4) is 0 Å². The van der Waals surface area contributed by atoms with Crippen LogP contribution in [0.1, 0.15) is 23.3 Å². The highest BCUT2D eigenvalue weighted by atomic mass is 32.2. The largest absolute Gasteiger partial charge is 0.381 e. The van der Waals surface area contributed by atoms with Crippen molar-refractivity contribution in [2.75, 3.05) is 20.2 Å². The quantitative estimate of drug-likeness (QED) is 0.910. The minimum atomic E-state index is -3.36. The molecule has 19 heavy (non-hydrogen) atoms. The maximum atomic E-state index is 12.5. The minimum Gasteiger partial charge on any atom is -0.381 e. The number of rotatable bonds is 4. The molecule has 1 aromatic rings. The van der Waals surface area contributed by atoms with Gasteiger partial charge in [-0.15, -0.1) is 11.3 Å². The van der Waals surface area contributed by atoms with E-state index in [9.17, 15) is 8.42 Å². The molecule has 0 amide bonds. The lowest BCUT2D eigenvalue weighted by molar-refractivity contribution is 0.0605. The average molecular weight is 304 g/mol. The number of sulfonamides is 1. The molecule has 0 saturated carbocycles. The monoisotopic (exact) mass is 304 g/mol. The number of hydrogen-bond acceptors (Lipinski definition) is 5. The van der Waals surface area contributed by atoms with E-state index in [-0.39, 0.29) is 6.10 Å².